The van der Waals surface area contributed by atoms with Gasteiger partial charge in [0.25, 0.3) is 5.91 Å². The molecule has 2 aromatic carbocycles. The minimum Gasteiger partial charge on any atom is -0.496 e. The van der Waals surface area contributed by atoms with Gasteiger partial charge in [0.15, 0.2) is 0 Å². The van der Waals surface area contributed by atoms with Crippen LogP contribution in [0.1, 0.15) is 10.4 Å². The minimum atomic E-state index is -0.175. The van der Waals surface area contributed by atoms with Crippen molar-refractivity contribution in [3.8, 4) is 11.5 Å². The zero-order valence-corrected chi connectivity index (χ0v) is 11.8. The van der Waals surface area contributed by atoms with Crippen LogP contribution in [-0.4, -0.2) is 27.2 Å². The van der Waals surface area contributed by atoms with Crippen molar-refractivity contribution in [2.45, 2.75) is 0 Å². The molecule has 4 heteroatoms. The van der Waals surface area contributed by atoms with E-state index < -0.39 is 0 Å². The van der Waals surface area contributed by atoms with Gasteiger partial charge < -0.3 is 14.4 Å². The molecule has 2 rings (SSSR count). The van der Waals surface area contributed by atoms with Crippen molar-refractivity contribution in [3.05, 3.63) is 54.1 Å². The standard InChI is InChI=1S/C16H17NO3/c1-17(12-8-5-4-6-9-12)16(18)15-13(19-2)10-7-11-14(15)20-3/h4-11H,1-3H3. The van der Waals surface area contributed by atoms with E-state index in [0.29, 0.717) is 17.1 Å². The molecule has 0 aliphatic carbocycles. The van der Waals surface area contributed by atoms with Crippen LogP contribution in [-0.2, 0) is 0 Å². The topological polar surface area (TPSA) is 38.8 Å². The fourth-order valence-corrected chi connectivity index (χ4v) is 2.00. The van der Waals surface area contributed by atoms with E-state index in [4.69, 9.17) is 9.47 Å². The van der Waals surface area contributed by atoms with Gasteiger partial charge in [-0.05, 0) is 24.3 Å². The van der Waals surface area contributed by atoms with E-state index in [9.17, 15) is 4.79 Å². The lowest BCUT2D eigenvalue weighted by Crippen LogP contribution is -2.27. The Hall–Kier alpha value is -2.49. The highest BCUT2D eigenvalue weighted by molar-refractivity contribution is 6.09. The third-order valence-electron chi connectivity index (χ3n) is 3.09. The molecule has 0 heterocycles. The van der Waals surface area contributed by atoms with Crippen LogP contribution in [0.25, 0.3) is 0 Å². The van der Waals surface area contributed by atoms with Crippen LogP contribution in [0.3, 0.4) is 0 Å². The SMILES string of the molecule is COc1cccc(OC)c1C(=O)N(C)c1ccccc1. The normalized spacial score (nSPS) is 9.95. The molecule has 0 aliphatic heterocycles. The van der Waals surface area contributed by atoms with Gasteiger partial charge in [-0.15, -0.1) is 0 Å². The molecule has 0 spiro atoms. The van der Waals surface area contributed by atoms with Crippen LogP contribution < -0.4 is 14.4 Å². The van der Waals surface area contributed by atoms with Crippen LogP contribution in [0.15, 0.2) is 48.5 Å². The van der Waals surface area contributed by atoms with Crippen LogP contribution in [0.5, 0.6) is 11.5 Å². The molecule has 1 amide bonds. The van der Waals surface area contributed by atoms with E-state index in [0.717, 1.165) is 5.69 Å². The quantitative estimate of drug-likeness (QED) is 0.858. The molecule has 0 saturated carbocycles. The average Bonchev–Trinajstić information content (AvgIpc) is 2.53. The monoisotopic (exact) mass is 271 g/mol. The van der Waals surface area contributed by atoms with Crippen LogP contribution in [0, 0.1) is 0 Å². The van der Waals surface area contributed by atoms with E-state index in [1.807, 2.05) is 30.3 Å². The molecule has 20 heavy (non-hydrogen) atoms. The number of amides is 1. The van der Waals surface area contributed by atoms with Gasteiger partial charge in [-0.3, -0.25) is 4.79 Å². The van der Waals surface area contributed by atoms with Crippen LogP contribution in [0.2, 0.25) is 0 Å². The van der Waals surface area contributed by atoms with Crippen molar-refractivity contribution in [3.63, 3.8) is 0 Å². The number of methoxy groups -OCH3 is 2. The molecule has 0 fully saturated rings. The van der Waals surface area contributed by atoms with E-state index in [1.165, 1.54) is 14.2 Å². The molecule has 2 aromatic rings. The number of ether oxygens (including phenoxy) is 2. The number of carbonyl (C=O) groups is 1. The summed E-state index contributed by atoms with van der Waals surface area (Å²) < 4.78 is 10.5. The van der Waals surface area contributed by atoms with Gasteiger partial charge in [0.1, 0.15) is 17.1 Å². The summed E-state index contributed by atoms with van der Waals surface area (Å²) in [7, 11) is 4.80. The second kappa shape index (κ2) is 6.10. The summed E-state index contributed by atoms with van der Waals surface area (Å²) in [6.45, 7) is 0. The Balaban J connectivity index is 2.43. The Labute approximate surface area is 118 Å². The second-order valence-electron chi connectivity index (χ2n) is 4.24. The van der Waals surface area contributed by atoms with E-state index in [2.05, 4.69) is 0 Å². The van der Waals surface area contributed by atoms with Crippen molar-refractivity contribution in [2.24, 2.45) is 0 Å². The number of para-hydroxylation sites is 1. The molecule has 0 aliphatic rings. The first-order chi connectivity index (χ1) is 9.69. The lowest BCUT2D eigenvalue weighted by atomic mass is 10.1. The van der Waals surface area contributed by atoms with Crippen molar-refractivity contribution in [1.29, 1.82) is 0 Å². The van der Waals surface area contributed by atoms with Gasteiger partial charge in [-0.1, -0.05) is 24.3 Å². The maximum atomic E-state index is 12.7. The largest absolute Gasteiger partial charge is 0.496 e. The van der Waals surface area contributed by atoms with E-state index >= 15 is 0 Å². The smallest absolute Gasteiger partial charge is 0.265 e. The average molecular weight is 271 g/mol. The first-order valence-electron chi connectivity index (χ1n) is 6.23. The summed E-state index contributed by atoms with van der Waals surface area (Å²) in [5.41, 5.74) is 1.23. The maximum Gasteiger partial charge on any atom is 0.265 e. The number of hydrogen-bond donors (Lipinski definition) is 0. The van der Waals surface area contributed by atoms with Gasteiger partial charge in [0, 0.05) is 12.7 Å². The van der Waals surface area contributed by atoms with Crippen molar-refractivity contribution in [2.75, 3.05) is 26.2 Å². The Morgan fingerprint density at radius 1 is 0.900 bits per heavy atom. The van der Waals surface area contributed by atoms with Crippen LogP contribution >= 0.6 is 0 Å². The predicted molar refractivity (Wildman–Crippen MR) is 78.7 cm³/mol. The summed E-state index contributed by atoms with van der Waals surface area (Å²) >= 11 is 0. The first-order valence-corrected chi connectivity index (χ1v) is 6.23. The zero-order valence-electron chi connectivity index (χ0n) is 11.8. The molecule has 0 atom stereocenters. The number of benzene rings is 2. The molecular formula is C16H17NO3. The minimum absolute atomic E-state index is 0.175. The van der Waals surface area contributed by atoms with E-state index in [1.54, 1.807) is 30.1 Å². The molecule has 104 valence electrons. The third-order valence-corrected chi connectivity index (χ3v) is 3.09. The van der Waals surface area contributed by atoms with Gasteiger partial charge in [-0.25, -0.2) is 0 Å². The van der Waals surface area contributed by atoms with Gasteiger partial charge >= 0.3 is 0 Å². The number of carbonyl (C=O) groups excluding carboxylic acids is 1. The number of anilines is 1. The molecule has 0 aromatic heterocycles. The fourth-order valence-electron chi connectivity index (χ4n) is 2.00. The predicted octanol–water partition coefficient (Wildman–Crippen LogP) is 2.98. The number of hydrogen-bond acceptors (Lipinski definition) is 3. The van der Waals surface area contributed by atoms with Gasteiger partial charge in [0.2, 0.25) is 0 Å². The van der Waals surface area contributed by atoms with Crippen molar-refractivity contribution >= 4 is 11.6 Å². The second-order valence-corrected chi connectivity index (χ2v) is 4.24. The number of nitrogens with zero attached hydrogens (tertiary/aromatic N) is 1. The molecule has 0 unspecified atom stereocenters. The summed E-state index contributed by atoms with van der Waals surface area (Å²) in [4.78, 5) is 14.2. The highest BCUT2D eigenvalue weighted by atomic mass is 16.5. The summed E-state index contributed by atoms with van der Waals surface area (Å²) in [6, 6.07) is 14.7. The lowest BCUT2D eigenvalue weighted by molar-refractivity contribution is 0.0987. The van der Waals surface area contributed by atoms with Crippen molar-refractivity contribution < 1.29 is 14.3 Å². The molecule has 0 saturated heterocycles. The Bertz CT molecular complexity index is 574. The van der Waals surface area contributed by atoms with Gasteiger partial charge in [0.05, 0.1) is 14.2 Å². The highest BCUT2D eigenvalue weighted by Crippen LogP contribution is 2.30. The van der Waals surface area contributed by atoms with E-state index in [-0.39, 0.29) is 5.91 Å². The summed E-state index contributed by atoms with van der Waals surface area (Å²) in [5, 5.41) is 0. The summed E-state index contributed by atoms with van der Waals surface area (Å²) in [5.74, 6) is 0.819. The highest BCUT2D eigenvalue weighted by Gasteiger charge is 2.22. The van der Waals surface area contributed by atoms with Crippen molar-refractivity contribution in [1.82, 2.24) is 0 Å². The Kier molecular flexibility index (Phi) is 4.25. The lowest BCUT2D eigenvalue weighted by Gasteiger charge is -2.20. The molecule has 0 N–H and O–H groups in total. The molecule has 0 radical (unpaired) electrons. The Morgan fingerprint density at radius 2 is 1.45 bits per heavy atom. The zero-order chi connectivity index (χ0) is 14.5. The van der Waals surface area contributed by atoms with Crippen LogP contribution in [0.4, 0.5) is 5.69 Å². The molecular weight excluding hydrogens is 254 g/mol. The number of rotatable bonds is 4. The maximum absolute atomic E-state index is 12.7. The Morgan fingerprint density at radius 3 is 1.95 bits per heavy atom. The summed E-state index contributed by atoms with van der Waals surface area (Å²) in [6.07, 6.45) is 0. The third kappa shape index (κ3) is 2.59. The van der Waals surface area contributed by atoms with Gasteiger partial charge in [-0.2, -0.15) is 0 Å². The molecule has 4 nitrogen and oxygen atoms in total. The first kappa shape index (κ1) is 13.9. The molecule has 0 bridgehead atoms. The fraction of sp³-hybridized carbons (Fsp3) is 0.188.